The molecule has 0 aliphatic carbocycles. The molecule has 1 N–H and O–H groups in total. The average molecular weight is 330 g/mol. The second-order valence-electron chi connectivity index (χ2n) is 5.49. The van der Waals surface area contributed by atoms with E-state index in [-0.39, 0.29) is 10.8 Å². The Morgan fingerprint density at radius 2 is 2.10 bits per heavy atom. The highest BCUT2D eigenvalue weighted by Gasteiger charge is 2.29. The van der Waals surface area contributed by atoms with Crippen molar-refractivity contribution in [2.75, 3.05) is 19.6 Å². The van der Waals surface area contributed by atoms with E-state index in [2.05, 4.69) is 12.2 Å². The van der Waals surface area contributed by atoms with E-state index in [4.69, 9.17) is 0 Å². The first-order chi connectivity index (χ1) is 9.95. The van der Waals surface area contributed by atoms with Crippen LogP contribution >= 0.6 is 11.3 Å². The predicted molar refractivity (Wildman–Crippen MR) is 84.1 cm³/mol. The van der Waals surface area contributed by atoms with Crippen LogP contribution in [-0.4, -0.2) is 38.3 Å². The maximum absolute atomic E-state index is 12.5. The molecular formula is C14H22N2O3S2. The SMILES string of the molecule is CCCNC(=O)c1cc(S(=O)(=O)N2CCC(C)CC2)cs1. The van der Waals surface area contributed by atoms with E-state index in [0.717, 1.165) is 19.3 Å². The van der Waals surface area contributed by atoms with Crippen molar-refractivity contribution >= 4 is 27.3 Å². The summed E-state index contributed by atoms with van der Waals surface area (Å²) < 4.78 is 26.6. The highest BCUT2D eigenvalue weighted by Crippen LogP contribution is 2.26. The first-order valence-electron chi connectivity index (χ1n) is 7.32. The molecular weight excluding hydrogens is 308 g/mol. The molecule has 0 atom stereocenters. The van der Waals surface area contributed by atoms with E-state index in [1.54, 1.807) is 5.38 Å². The number of hydrogen-bond acceptors (Lipinski definition) is 4. The molecule has 2 heterocycles. The first-order valence-corrected chi connectivity index (χ1v) is 9.64. The number of carbonyl (C=O) groups excluding carboxylic acids is 1. The minimum atomic E-state index is -3.45. The molecule has 0 unspecified atom stereocenters. The molecule has 0 saturated carbocycles. The first kappa shape index (κ1) is 16.5. The van der Waals surface area contributed by atoms with Gasteiger partial charge in [-0.3, -0.25) is 4.79 Å². The Kier molecular flexibility index (Phi) is 5.40. The Labute approximate surface area is 130 Å². The van der Waals surface area contributed by atoms with E-state index in [9.17, 15) is 13.2 Å². The van der Waals surface area contributed by atoms with Gasteiger partial charge in [-0.15, -0.1) is 11.3 Å². The molecule has 1 fully saturated rings. The molecule has 1 amide bonds. The van der Waals surface area contributed by atoms with E-state index < -0.39 is 10.0 Å². The molecule has 1 aromatic rings. The normalized spacial score (nSPS) is 17.8. The van der Waals surface area contributed by atoms with Gasteiger partial charge in [-0.25, -0.2) is 8.42 Å². The number of amides is 1. The van der Waals surface area contributed by atoms with Crippen molar-refractivity contribution in [1.82, 2.24) is 9.62 Å². The zero-order valence-electron chi connectivity index (χ0n) is 12.5. The van der Waals surface area contributed by atoms with Gasteiger partial charge in [0, 0.05) is 25.0 Å². The van der Waals surface area contributed by atoms with Crippen LogP contribution in [0, 0.1) is 5.92 Å². The zero-order valence-corrected chi connectivity index (χ0v) is 14.1. The number of nitrogens with one attached hydrogen (secondary N) is 1. The second-order valence-corrected chi connectivity index (χ2v) is 8.34. The number of rotatable bonds is 5. The summed E-state index contributed by atoms with van der Waals surface area (Å²) in [6.45, 7) is 5.85. The monoisotopic (exact) mass is 330 g/mol. The molecule has 1 saturated heterocycles. The second kappa shape index (κ2) is 6.89. The van der Waals surface area contributed by atoms with E-state index >= 15 is 0 Å². The van der Waals surface area contributed by atoms with Gasteiger partial charge in [-0.2, -0.15) is 4.31 Å². The van der Waals surface area contributed by atoms with Crippen molar-refractivity contribution in [3.8, 4) is 0 Å². The molecule has 0 radical (unpaired) electrons. The third-order valence-corrected chi connectivity index (χ3v) is 6.67. The van der Waals surface area contributed by atoms with Crippen LogP contribution in [0.4, 0.5) is 0 Å². The van der Waals surface area contributed by atoms with Crippen molar-refractivity contribution < 1.29 is 13.2 Å². The summed E-state index contributed by atoms with van der Waals surface area (Å²) in [4.78, 5) is 12.5. The fraction of sp³-hybridized carbons (Fsp3) is 0.643. The molecule has 118 valence electrons. The summed E-state index contributed by atoms with van der Waals surface area (Å²) in [6, 6.07) is 1.49. The maximum atomic E-state index is 12.5. The van der Waals surface area contributed by atoms with E-state index in [0.29, 0.717) is 30.4 Å². The Morgan fingerprint density at radius 1 is 1.43 bits per heavy atom. The minimum Gasteiger partial charge on any atom is -0.351 e. The van der Waals surface area contributed by atoms with Gasteiger partial charge < -0.3 is 5.32 Å². The number of piperidine rings is 1. The third kappa shape index (κ3) is 3.84. The molecule has 7 heteroatoms. The minimum absolute atomic E-state index is 0.199. The van der Waals surface area contributed by atoms with Gasteiger partial charge in [-0.05, 0) is 31.2 Å². The summed E-state index contributed by atoms with van der Waals surface area (Å²) in [5.74, 6) is 0.380. The lowest BCUT2D eigenvalue weighted by Gasteiger charge is -2.29. The maximum Gasteiger partial charge on any atom is 0.261 e. The van der Waals surface area contributed by atoms with Gasteiger partial charge in [0.2, 0.25) is 10.0 Å². The van der Waals surface area contributed by atoms with E-state index in [1.165, 1.54) is 21.7 Å². The van der Waals surface area contributed by atoms with Crippen LogP contribution in [0.25, 0.3) is 0 Å². The van der Waals surface area contributed by atoms with Crippen LogP contribution in [0.2, 0.25) is 0 Å². The fourth-order valence-corrected chi connectivity index (χ4v) is 4.92. The standard InChI is InChI=1S/C14H22N2O3S2/c1-3-6-15-14(17)13-9-12(10-20-13)21(18,19)16-7-4-11(2)5-8-16/h9-11H,3-8H2,1-2H3,(H,15,17). The van der Waals surface area contributed by atoms with Gasteiger partial charge >= 0.3 is 0 Å². The summed E-state index contributed by atoms with van der Waals surface area (Å²) in [6.07, 6.45) is 2.65. The molecule has 21 heavy (non-hydrogen) atoms. The Hall–Kier alpha value is -0.920. The van der Waals surface area contributed by atoms with Crippen molar-refractivity contribution in [2.24, 2.45) is 5.92 Å². The topological polar surface area (TPSA) is 66.5 Å². The average Bonchev–Trinajstić information content (AvgIpc) is 2.96. The summed E-state index contributed by atoms with van der Waals surface area (Å²) in [7, 11) is -3.45. The molecule has 1 aliphatic heterocycles. The Balaban J connectivity index is 2.11. The zero-order chi connectivity index (χ0) is 15.5. The lowest BCUT2D eigenvalue weighted by Crippen LogP contribution is -2.37. The molecule has 1 aromatic heterocycles. The van der Waals surface area contributed by atoms with Crippen LogP contribution in [-0.2, 0) is 10.0 Å². The quantitative estimate of drug-likeness (QED) is 0.901. The number of thiophene rings is 1. The largest absolute Gasteiger partial charge is 0.351 e. The van der Waals surface area contributed by atoms with Gasteiger partial charge in [-0.1, -0.05) is 13.8 Å². The van der Waals surface area contributed by atoms with Crippen molar-refractivity contribution in [1.29, 1.82) is 0 Å². The van der Waals surface area contributed by atoms with Crippen LogP contribution in [0.5, 0.6) is 0 Å². The van der Waals surface area contributed by atoms with Gasteiger partial charge in [0.05, 0.1) is 9.77 Å². The molecule has 1 aliphatic rings. The van der Waals surface area contributed by atoms with Gasteiger partial charge in [0.15, 0.2) is 0 Å². The highest BCUT2D eigenvalue weighted by molar-refractivity contribution is 7.89. The number of nitrogens with zero attached hydrogens (tertiary/aromatic N) is 1. The van der Waals surface area contributed by atoms with Crippen molar-refractivity contribution in [3.63, 3.8) is 0 Å². The Bertz CT molecular complexity index is 587. The van der Waals surface area contributed by atoms with E-state index in [1.807, 2.05) is 6.92 Å². The third-order valence-electron chi connectivity index (χ3n) is 3.72. The molecule has 2 rings (SSSR count). The van der Waals surface area contributed by atoms with Gasteiger partial charge in [0.25, 0.3) is 5.91 Å². The molecule has 0 spiro atoms. The number of hydrogen-bond donors (Lipinski definition) is 1. The summed E-state index contributed by atoms with van der Waals surface area (Å²) in [5.41, 5.74) is 0. The highest BCUT2D eigenvalue weighted by atomic mass is 32.2. The number of carbonyl (C=O) groups is 1. The fourth-order valence-electron chi connectivity index (χ4n) is 2.27. The predicted octanol–water partition coefficient (Wildman–Crippen LogP) is 2.31. The lowest BCUT2D eigenvalue weighted by molar-refractivity contribution is 0.0957. The summed E-state index contributed by atoms with van der Waals surface area (Å²) >= 11 is 1.18. The smallest absolute Gasteiger partial charge is 0.261 e. The van der Waals surface area contributed by atoms with Crippen LogP contribution < -0.4 is 5.32 Å². The molecule has 0 aromatic carbocycles. The molecule has 0 bridgehead atoms. The Morgan fingerprint density at radius 3 is 2.71 bits per heavy atom. The van der Waals surface area contributed by atoms with Crippen LogP contribution in [0.15, 0.2) is 16.3 Å². The number of sulfonamides is 1. The van der Waals surface area contributed by atoms with Crippen molar-refractivity contribution in [2.45, 2.75) is 38.0 Å². The van der Waals surface area contributed by atoms with Crippen molar-refractivity contribution in [3.05, 3.63) is 16.3 Å². The summed E-state index contributed by atoms with van der Waals surface area (Å²) in [5, 5.41) is 4.33. The lowest BCUT2D eigenvalue weighted by atomic mass is 10.0. The van der Waals surface area contributed by atoms with Gasteiger partial charge in [0.1, 0.15) is 0 Å². The van der Waals surface area contributed by atoms with Crippen LogP contribution in [0.1, 0.15) is 42.8 Å². The molecule has 5 nitrogen and oxygen atoms in total. The van der Waals surface area contributed by atoms with Crippen LogP contribution in [0.3, 0.4) is 0 Å².